The molecule has 1 saturated heterocycles. The van der Waals surface area contributed by atoms with E-state index in [1.807, 2.05) is 18.0 Å². The van der Waals surface area contributed by atoms with Crippen molar-refractivity contribution in [3.05, 3.63) is 42.0 Å². The zero-order chi connectivity index (χ0) is 17.8. The summed E-state index contributed by atoms with van der Waals surface area (Å²) >= 11 is 0. The van der Waals surface area contributed by atoms with Crippen molar-refractivity contribution in [1.82, 2.24) is 9.80 Å². The highest BCUT2D eigenvalue weighted by Gasteiger charge is 2.24. The van der Waals surface area contributed by atoms with Gasteiger partial charge in [0.05, 0.1) is 13.7 Å². The van der Waals surface area contributed by atoms with Gasteiger partial charge >= 0.3 is 5.97 Å². The molecule has 5 heteroatoms. The van der Waals surface area contributed by atoms with Crippen molar-refractivity contribution >= 4 is 16.7 Å². The van der Waals surface area contributed by atoms with E-state index in [9.17, 15) is 4.79 Å². The van der Waals surface area contributed by atoms with Crippen LogP contribution in [0.3, 0.4) is 0 Å². The van der Waals surface area contributed by atoms with Crippen molar-refractivity contribution < 1.29 is 14.6 Å². The number of likely N-dealkylation sites (N-methyl/N-ethyl adjacent to an activating group) is 1. The lowest BCUT2D eigenvalue weighted by molar-refractivity contribution is -0.138. The van der Waals surface area contributed by atoms with Gasteiger partial charge in [0.25, 0.3) is 0 Å². The molecule has 2 aromatic rings. The number of hydrogen-bond acceptors (Lipinski definition) is 4. The Labute approximate surface area is 148 Å². The summed E-state index contributed by atoms with van der Waals surface area (Å²) in [4.78, 5) is 15.3. The van der Waals surface area contributed by atoms with Gasteiger partial charge in [0.1, 0.15) is 5.75 Å². The zero-order valence-electron chi connectivity index (χ0n) is 14.9. The largest absolute Gasteiger partial charge is 0.496 e. The molecule has 5 nitrogen and oxygen atoms in total. The van der Waals surface area contributed by atoms with Gasteiger partial charge in [-0.2, -0.15) is 0 Å². The molecule has 0 aliphatic carbocycles. The van der Waals surface area contributed by atoms with E-state index in [0.717, 1.165) is 38.2 Å². The van der Waals surface area contributed by atoms with Crippen molar-refractivity contribution in [1.29, 1.82) is 0 Å². The molecular weight excluding hydrogens is 316 g/mol. The highest BCUT2D eigenvalue weighted by atomic mass is 16.5. The van der Waals surface area contributed by atoms with Gasteiger partial charge in [0.2, 0.25) is 0 Å². The van der Waals surface area contributed by atoms with E-state index >= 15 is 0 Å². The highest BCUT2D eigenvalue weighted by Crippen LogP contribution is 2.30. The van der Waals surface area contributed by atoms with Crippen molar-refractivity contribution in [3.63, 3.8) is 0 Å². The predicted molar refractivity (Wildman–Crippen MR) is 99.1 cm³/mol. The molecular formula is C20H26N2O3. The summed E-state index contributed by atoms with van der Waals surface area (Å²) in [5.74, 6) is 0.175. The van der Waals surface area contributed by atoms with Crippen LogP contribution >= 0.6 is 0 Å². The number of nitrogens with zero attached hydrogens (tertiary/aromatic N) is 2. The summed E-state index contributed by atoms with van der Waals surface area (Å²) in [7, 11) is 3.63. The first-order chi connectivity index (χ1) is 12.1. The molecule has 0 saturated carbocycles. The summed E-state index contributed by atoms with van der Waals surface area (Å²) in [5, 5.41) is 11.4. The van der Waals surface area contributed by atoms with E-state index in [1.165, 1.54) is 16.3 Å². The number of rotatable bonds is 6. The fourth-order valence-electron chi connectivity index (χ4n) is 3.75. The lowest BCUT2D eigenvalue weighted by Crippen LogP contribution is -2.44. The number of hydrogen-bond donors (Lipinski definition) is 1. The molecule has 1 N–H and O–H groups in total. The van der Waals surface area contributed by atoms with Crippen LogP contribution in [0.5, 0.6) is 5.75 Å². The van der Waals surface area contributed by atoms with Gasteiger partial charge < -0.3 is 9.84 Å². The van der Waals surface area contributed by atoms with Gasteiger partial charge in [-0.15, -0.1) is 0 Å². The molecule has 2 aromatic carbocycles. The van der Waals surface area contributed by atoms with Gasteiger partial charge in [-0.1, -0.05) is 30.3 Å². The molecule has 25 heavy (non-hydrogen) atoms. The number of benzene rings is 2. The van der Waals surface area contributed by atoms with Crippen LogP contribution in [-0.4, -0.2) is 60.7 Å². The minimum absolute atomic E-state index is 0.113. The quantitative estimate of drug-likeness (QED) is 0.875. The molecule has 1 fully saturated rings. The maximum absolute atomic E-state index is 10.9. The minimum Gasteiger partial charge on any atom is -0.496 e. The van der Waals surface area contributed by atoms with Crippen LogP contribution in [0.15, 0.2) is 36.4 Å². The maximum Gasteiger partial charge on any atom is 0.317 e. The lowest BCUT2D eigenvalue weighted by Gasteiger charge is -2.36. The van der Waals surface area contributed by atoms with Crippen LogP contribution < -0.4 is 4.74 Å². The maximum atomic E-state index is 10.9. The van der Waals surface area contributed by atoms with Crippen LogP contribution in [0.4, 0.5) is 0 Å². The number of carbonyl (C=O) groups is 1. The lowest BCUT2D eigenvalue weighted by atomic mass is 10.00. The van der Waals surface area contributed by atoms with Gasteiger partial charge in [0.15, 0.2) is 0 Å². The van der Waals surface area contributed by atoms with Crippen molar-refractivity contribution in [3.8, 4) is 5.75 Å². The summed E-state index contributed by atoms with van der Waals surface area (Å²) in [6.45, 7) is 2.92. The predicted octanol–water partition coefficient (Wildman–Crippen LogP) is 2.83. The Kier molecular flexibility index (Phi) is 5.56. The first-order valence-corrected chi connectivity index (χ1v) is 8.77. The van der Waals surface area contributed by atoms with Crippen LogP contribution in [0, 0.1) is 0 Å². The molecule has 3 rings (SSSR count). The summed E-state index contributed by atoms with van der Waals surface area (Å²) in [6, 6.07) is 12.9. The average molecular weight is 342 g/mol. The normalized spacial score (nSPS) is 16.4. The standard InChI is InChI=1S/C20H26N2O3/c1-21(14-20(23)24)16-9-11-22(12-10-16)13-18-17-6-4-3-5-15(17)7-8-19(18)25-2/h3-8,16H,9-14H2,1-2H3,(H,23,24). The Balaban J connectivity index is 1.70. The Bertz CT molecular complexity index is 739. The monoisotopic (exact) mass is 342 g/mol. The Morgan fingerprint density at radius 1 is 1.24 bits per heavy atom. The first kappa shape index (κ1) is 17.7. The molecule has 0 amide bonds. The Morgan fingerprint density at radius 2 is 1.96 bits per heavy atom. The van der Waals surface area contributed by atoms with E-state index in [1.54, 1.807) is 7.11 Å². The smallest absolute Gasteiger partial charge is 0.317 e. The molecule has 0 bridgehead atoms. The van der Waals surface area contributed by atoms with Gasteiger partial charge in [-0.3, -0.25) is 14.6 Å². The number of ether oxygens (including phenoxy) is 1. The topological polar surface area (TPSA) is 53.0 Å². The van der Waals surface area contributed by atoms with Crippen LogP contribution in [0.2, 0.25) is 0 Å². The van der Waals surface area contributed by atoms with E-state index in [-0.39, 0.29) is 6.54 Å². The molecule has 0 radical (unpaired) electrons. The third-order valence-corrected chi connectivity index (χ3v) is 5.16. The van der Waals surface area contributed by atoms with Gasteiger partial charge in [0, 0.05) is 18.2 Å². The molecule has 0 unspecified atom stereocenters. The van der Waals surface area contributed by atoms with Crippen LogP contribution in [0.1, 0.15) is 18.4 Å². The third-order valence-electron chi connectivity index (χ3n) is 5.16. The summed E-state index contributed by atoms with van der Waals surface area (Å²) < 4.78 is 5.60. The fourth-order valence-corrected chi connectivity index (χ4v) is 3.75. The average Bonchev–Trinajstić information content (AvgIpc) is 2.62. The molecule has 1 aliphatic rings. The van der Waals surface area contributed by atoms with E-state index in [4.69, 9.17) is 9.84 Å². The van der Waals surface area contributed by atoms with E-state index in [0.29, 0.717) is 6.04 Å². The number of aliphatic carboxylic acids is 1. The van der Waals surface area contributed by atoms with Crippen molar-refractivity contribution in [2.24, 2.45) is 0 Å². The van der Waals surface area contributed by atoms with E-state index < -0.39 is 5.97 Å². The Morgan fingerprint density at radius 3 is 2.64 bits per heavy atom. The first-order valence-electron chi connectivity index (χ1n) is 8.77. The second-order valence-corrected chi connectivity index (χ2v) is 6.78. The SMILES string of the molecule is COc1ccc2ccccc2c1CN1CCC(N(C)CC(=O)O)CC1. The second kappa shape index (κ2) is 7.85. The molecule has 0 aromatic heterocycles. The molecule has 0 atom stereocenters. The highest BCUT2D eigenvalue weighted by molar-refractivity contribution is 5.87. The number of carboxylic acid groups (broad SMARTS) is 1. The molecule has 1 heterocycles. The summed E-state index contributed by atoms with van der Waals surface area (Å²) in [5.41, 5.74) is 1.23. The molecule has 1 aliphatic heterocycles. The van der Waals surface area contributed by atoms with Crippen molar-refractivity contribution in [2.75, 3.05) is 33.8 Å². The van der Waals surface area contributed by atoms with Crippen LogP contribution in [0.25, 0.3) is 10.8 Å². The number of likely N-dealkylation sites (tertiary alicyclic amines) is 1. The molecule has 134 valence electrons. The zero-order valence-corrected chi connectivity index (χ0v) is 14.9. The number of methoxy groups -OCH3 is 1. The summed E-state index contributed by atoms with van der Waals surface area (Å²) in [6.07, 6.45) is 1.99. The number of carboxylic acids is 1. The Hall–Kier alpha value is -2.11. The second-order valence-electron chi connectivity index (χ2n) is 6.78. The van der Waals surface area contributed by atoms with Gasteiger partial charge in [-0.25, -0.2) is 0 Å². The third kappa shape index (κ3) is 4.11. The minimum atomic E-state index is -0.759. The van der Waals surface area contributed by atoms with E-state index in [2.05, 4.69) is 35.2 Å². The van der Waals surface area contributed by atoms with Gasteiger partial charge in [-0.05, 0) is 49.8 Å². The number of fused-ring (bicyclic) bond motifs is 1. The fraction of sp³-hybridized carbons (Fsp3) is 0.450. The molecule has 0 spiro atoms. The van der Waals surface area contributed by atoms with Crippen LogP contribution in [-0.2, 0) is 11.3 Å². The number of piperidine rings is 1. The van der Waals surface area contributed by atoms with Crippen molar-refractivity contribution in [2.45, 2.75) is 25.4 Å².